The standard InChI is InChI=1S/C26H43N3O4/c1-6-17-28(2)18-9-7-8-10-19-33-22-13-11-21(12-14-22)29(3)26(30)27-24-16-15-23(31-4)20-25(24)32-5/h6,15-16,20-22H,1,7-14,17-19H2,2-5H3,(H,27,30)/t21-,22-. The van der Waals surface area contributed by atoms with Crippen LogP contribution in [-0.2, 0) is 4.74 Å². The van der Waals surface area contributed by atoms with E-state index in [9.17, 15) is 4.79 Å². The average molecular weight is 462 g/mol. The molecule has 0 aromatic heterocycles. The van der Waals surface area contributed by atoms with Crippen molar-refractivity contribution in [2.45, 2.75) is 63.5 Å². The number of hydrogen-bond donors (Lipinski definition) is 1. The Labute approximate surface area is 200 Å². The molecule has 33 heavy (non-hydrogen) atoms. The number of amides is 2. The van der Waals surface area contributed by atoms with E-state index < -0.39 is 0 Å². The van der Waals surface area contributed by atoms with Crippen LogP contribution in [0.4, 0.5) is 10.5 Å². The van der Waals surface area contributed by atoms with E-state index in [1.807, 2.05) is 24.1 Å². The van der Waals surface area contributed by atoms with Crippen LogP contribution in [0, 0.1) is 0 Å². The third kappa shape index (κ3) is 9.26. The van der Waals surface area contributed by atoms with Gasteiger partial charge in [0.2, 0.25) is 0 Å². The Morgan fingerprint density at radius 2 is 1.82 bits per heavy atom. The van der Waals surface area contributed by atoms with Gasteiger partial charge in [-0.1, -0.05) is 18.9 Å². The molecule has 0 atom stereocenters. The molecule has 2 amide bonds. The number of anilines is 1. The fourth-order valence-corrected chi connectivity index (χ4v) is 4.27. The number of rotatable bonds is 14. The summed E-state index contributed by atoms with van der Waals surface area (Å²) in [5.41, 5.74) is 0.638. The molecule has 1 aliphatic carbocycles. The monoisotopic (exact) mass is 461 g/mol. The first-order valence-electron chi connectivity index (χ1n) is 12.1. The number of carbonyl (C=O) groups excluding carboxylic acids is 1. The number of unbranched alkanes of at least 4 members (excludes halogenated alkanes) is 3. The van der Waals surface area contributed by atoms with Crippen LogP contribution in [0.5, 0.6) is 11.5 Å². The van der Waals surface area contributed by atoms with E-state index in [0.717, 1.165) is 51.8 Å². The van der Waals surface area contributed by atoms with Gasteiger partial charge in [0.15, 0.2) is 0 Å². The Kier molecular flexibility index (Phi) is 12.1. The summed E-state index contributed by atoms with van der Waals surface area (Å²) in [6.07, 6.45) is 11.0. The third-order valence-electron chi connectivity index (χ3n) is 6.39. The molecule has 1 saturated carbocycles. The number of likely N-dealkylation sites (N-methyl/N-ethyl adjacent to an activating group) is 1. The molecule has 7 nitrogen and oxygen atoms in total. The molecular weight excluding hydrogens is 418 g/mol. The molecule has 186 valence electrons. The van der Waals surface area contributed by atoms with E-state index in [-0.39, 0.29) is 12.1 Å². The van der Waals surface area contributed by atoms with Crippen LogP contribution >= 0.6 is 0 Å². The minimum absolute atomic E-state index is 0.124. The first kappa shape index (κ1) is 27.0. The van der Waals surface area contributed by atoms with Crippen molar-refractivity contribution in [3.8, 4) is 11.5 Å². The van der Waals surface area contributed by atoms with Gasteiger partial charge in [-0.25, -0.2) is 4.79 Å². The summed E-state index contributed by atoms with van der Waals surface area (Å²) in [6, 6.07) is 5.47. The fourth-order valence-electron chi connectivity index (χ4n) is 4.27. The number of carbonyl (C=O) groups is 1. The molecule has 0 aliphatic heterocycles. The van der Waals surface area contributed by atoms with Gasteiger partial charge in [-0.15, -0.1) is 6.58 Å². The minimum Gasteiger partial charge on any atom is -0.497 e. The maximum absolute atomic E-state index is 12.8. The quantitative estimate of drug-likeness (QED) is 0.306. The van der Waals surface area contributed by atoms with Gasteiger partial charge in [0.25, 0.3) is 0 Å². The molecule has 0 saturated heterocycles. The normalized spacial score (nSPS) is 18.1. The van der Waals surface area contributed by atoms with Crippen LogP contribution in [0.2, 0.25) is 0 Å². The first-order valence-corrected chi connectivity index (χ1v) is 12.1. The lowest BCUT2D eigenvalue weighted by atomic mass is 9.92. The lowest BCUT2D eigenvalue weighted by Crippen LogP contribution is -2.42. The van der Waals surface area contributed by atoms with Crippen molar-refractivity contribution < 1.29 is 19.0 Å². The largest absolute Gasteiger partial charge is 0.497 e. The Hall–Kier alpha value is -2.25. The van der Waals surface area contributed by atoms with Crippen LogP contribution in [0.1, 0.15) is 51.4 Å². The maximum Gasteiger partial charge on any atom is 0.321 e. The molecule has 0 heterocycles. The minimum atomic E-state index is -0.124. The average Bonchev–Trinajstić information content (AvgIpc) is 2.83. The van der Waals surface area contributed by atoms with Crippen LogP contribution in [-0.4, -0.2) is 76.0 Å². The van der Waals surface area contributed by atoms with E-state index in [2.05, 4.69) is 23.8 Å². The molecule has 0 bridgehead atoms. The van der Waals surface area contributed by atoms with Crippen molar-refractivity contribution in [3.63, 3.8) is 0 Å². The zero-order valence-corrected chi connectivity index (χ0v) is 21.0. The molecular formula is C26H43N3O4. The Morgan fingerprint density at radius 1 is 1.09 bits per heavy atom. The second-order valence-corrected chi connectivity index (χ2v) is 8.87. The highest BCUT2D eigenvalue weighted by atomic mass is 16.5. The number of urea groups is 1. The molecule has 0 spiro atoms. The molecule has 1 aromatic rings. The lowest BCUT2D eigenvalue weighted by Gasteiger charge is -2.34. The van der Waals surface area contributed by atoms with Crippen molar-refractivity contribution in [1.82, 2.24) is 9.80 Å². The van der Waals surface area contributed by atoms with Gasteiger partial charge < -0.3 is 29.3 Å². The van der Waals surface area contributed by atoms with Gasteiger partial charge in [-0.05, 0) is 64.3 Å². The van der Waals surface area contributed by atoms with E-state index in [0.29, 0.717) is 23.3 Å². The number of methoxy groups -OCH3 is 2. The molecule has 7 heteroatoms. The molecule has 0 radical (unpaired) electrons. The molecule has 2 rings (SSSR count). The Morgan fingerprint density at radius 3 is 2.48 bits per heavy atom. The van der Waals surface area contributed by atoms with Gasteiger partial charge in [0, 0.05) is 32.3 Å². The van der Waals surface area contributed by atoms with Crippen LogP contribution < -0.4 is 14.8 Å². The van der Waals surface area contributed by atoms with E-state index in [4.69, 9.17) is 14.2 Å². The van der Waals surface area contributed by atoms with Crippen LogP contribution in [0.3, 0.4) is 0 Å². The smallest absolute Gasteiger partial charge is 0.321 e. The predicted octanol–water partition coefficient (Wildman–Crippen LogP) is 5.17. The molecule has 0 unspecified atom stereocenters. The highest BCUT2D eigenvalue weighted by molar-refractivity contribution is 5.91. The Balaban J connectivity index is 1.63. The number of nitrogens with zero attached hydrogens (tertiary/aromatic N) is 2. The highest BCUT2D eigenvalue weighted by Gasteiger charge is 2.27. The van der Waals surface area contributed by atoms with Crippen molar-refractivity contribution in [1.29, 1.82) is 0 Å². The van der Waals surface area contributed by atoms with Crippen LogP contribution in [0.25, 0.3) is 0 Å². The molecule has 1 N–H and O–H groups in total. The second kappa shape index (κ2) is 14.8. The van der Waals surface area contributed by atoms with Crippen molar-refractivity contribution in [2.75, 3.05) is 53.3 Å². The molecule has 1 aliphatic rings. The fraction of sp³-hybridized carbons (Fsp3) is 0.654. The maximum atomic E-state index is 12.8. The van der Waals surface area contributed by atoms with Crippen LogP contribution in [0.15, 0.2) is 30.9 Å². The summed E-state index contributed by atoms with van der Waals surface area (Å²) in [4.78, 5) is 16.9. The number of hydrogen-bond acceptors (Lipinski definition) is 5. The SMILES string of the molecule is C=CCN(C)CCCCCCO[C@H]1CC[C@H](N(C)C(=O)Nc2ccc(OC)cc2OC)CC1. The summed E-state index contributed by atoms with van der Waals surface area (Å²) in [7, 11) is 7.19. The summed E-state index contributed by atoms with van der Waals surface area (Å²) in [5.74, 6) is 1.27. The molecule has 1 aromatic carbocycles. The van der Waals surface area contributed by atoms with Crippen molar-refractivity contribution in [3.05, 3.63) is 30.9 Å². The number of ether oxygens (including phenoxy) is 3. The number of nitrogens with one attached hydrogen (secondary N) is 1. The van der Waals surface area contributed by atoms with E-state index in [1.165, 1.54) is 19.3 Å². The van der Waals surface area contributed by atoms with Crippen molar-refractivity contribution in [2.24, 2.45) is 0 Å². The summed E-state index contributed by atoms with van der Waals surface area (Å²) < 4.78 is 16.7. The zero-order valence-electron chi connectivity index (χ0n) is 21.0. The second-order valence-electron chi connectivity index (χ2n) is 8.87. The Bertz CT molecular complexity index is 719. The summed E-state index contributed by atoms with van der Waals surface area (Å²) >= 11 is 0. The van der Waals surface area contributed by atoms with E-state index in [1.54, 1.807) is 26.4 Å². The van der Waals surface area contributed by atoms with Gasteiger partial charge in [-0.3, -0.25) is 0 Å². The topological polar surface area (TPSA) is 63.3 Å². The molecule has 1 fully saturated rings. The van der Waals surface area contributed by atoms with Gasteiger partial charge >= 0.3 is 6.03 Å². The summed E-state index contributed by atoms with van der Waals surface area (Å²) in [6.45, 7) is 6.70. The lowest BCUT2D eigenvalue weighted by molar-refractivity contribution is 0.0130. The predicted molar refractivity (Wildman–Crippen MR) is 134 cm³/mol. The van der Waals surface area contributed by atoms with Crippen molar-refractivity contribution >= 4 is 11.7 Å². The van der Waals surface area contributed by atoms with Gasteiger partial charge in [0.05, 0.1) is 26.0 Å². The zero-order chi connectivity index (χ0) is 24.1. The van der Waals surface area contributed by atoms with Gasteiger partial charge in [0.1, 0.15) is 11.5 Å². The first-order chi connectivity index (χ1) is 16.0. The van der Waals surface area contributed by atoms with E-state index >= 15 is 0 Å². The highest BCUT2D eigenvalue weighted by Crippen LogP contribution is 2.30. The number of benzene rings is 1. The third-order valence-corrected chi connectivity index (χ3v) is 6.39. The van der Waals surface area contributed by atoms with Gasteiger partial charge in [-0.2, -0.15) is 0 Å². The summed E-state index contributed by atoms with van der Waals surface area (Å²) in [5, 5.41) is 2.96.